The van der Waals surface area contributed by atoms with E-state index in [0.717, 1.165) is 5.69 Å². The third-order valence-electron chi connectivity index (χ3n) is 4.17. The first-order valence-electron chi connectivity index (χ1n) is 9.31. The molecule has 0 aliphatic carbocycles. The summed E-state index contributed by atoms with van der Waals surface area (Å²) in [5.41, 5.74) is 2.09. The number of hydrogen-bond acceptors (Lipinski definition) is 4. The topological polar surface area (TPSA) is 76.5 Å². The van der Waals surface area contributed by atoms with Crippen molar-refractivity contribution in [3.05, 3.63) is 46.8 Å². The van der Waals surface area contributed by atoms with Crippen LogP contribution in [0, 0.1) is 12.8 Å². The Morgan fingerprint density at radius 3 is 2.55 bits per heavy atom. The van der Waals surface area contributed by atoms with E-state index in [1.165, 1.54) is 11.0 Å². The van der Waals surface area contributed by atoms with Gasteiger partial charge in [0, 0.05) is 30.9 Å². The van der Waals surface area contributed by atoms with Gasteiger partial charge in [-0.25, -0.2) is 0 Å². The van der Waals surface area contributed by atoms with E-state index >= 15 is 0 Å². The summed E-state index contributed by atoms with van der Waals surface area (Å²) in [5.74, 6) is 0.507. The molecule has 0 aliphatic heterocycles. The predicted molar refractivity (Wildman–Crippen MR) is 115 cm³/mol. The molecule has 0 saturated heterocycles. The highest BCUT2D eigenvalue weighted by atomic mass is 35.5. The van der Waals surface area contributed by atoms with Crippen molar-refractivity contribution in [2.24, 2.45) is 5.92 Å². The first kappa shape index (κ1) is 22.5. The second-order valence-corrected chi connectivity index (χ2v) is 7.53. The van der Waals surface area contributed by atoms with E-state index < -0.39 is 0 Å². The number of likely N-dealkylation sites (N-methyl/N-ethyl adjacent to an activating group) is 1. The highest BCUT2D eigenvalue weighted by Crippen LogP contribution is 2.22. The van der Waals surface area contributed by atoms with Crippen molar-refractivity contribution in [3.63, 3.8) is 0 Å². The standard InChI is InChI=1S/C21H27ClN4O3/c1-14(2)12-26-21(22)18(15(3)24-26)10-11-20(28)25(4)13-19(27)23-16-6-8-17(29-5)9-7-16/h6-11,14H,12-13H2,1-5H3,(H,23,27)/b11-10+. The molecule has 1 aromatic carbocycles. The lowest BCUT2D eigenvalue weighted by molar-refractivity contribution is -0.129. The molecule has 1 heterocycles. The number of aryl methyl sites for hydroxylation is 1. The number of ether oxygens (including phenoxy) is 1. The third kappa shape index (κ3) is 6.35. The number of methoxy groups -OCH3 is 1. The maximum atomic E-state index is 12.4. The van der Waals surface area contributed by atoms with Gasteiger partial charge < -0.3 is 15.0 Å². The van der Waals surface area contributed by atoms with Gasteiger partial charge >= 0.3 is 0 Å². The van der Waals surface area contributed by atoms with Crippen molar-refractivity contribution >= 4 is 35.2 Å². The van der Waals surface area contributed by atoms with Crippen LogP contribution in [0.4, 0.5) is 5.69 Å². The Labute approximate surface area is 176 Å². The minimum atomic E-state index is -0.304. The second kappa shape index (κ2) is 10.1. The zero-order valence-electron chi connectivity index (χ0n) is 17.4. The molecule has 1 N–H and O–H groups in total. The number of carbonyl (C=O) groups excluding carboxylic acids is 2. The van der Waals surface area contributed by atoms with Crippen LogP contribution in [0.3, 0.4) is 0 Å². The Morgan fingerprint density at radius 2 is 1.97 bits per heavy atom. The molecule has 156 valence electrons. The predicted octanol–water partition coefficient (Wildman–Crippen LogP) is 3.62. The van der Waals surface area contributed by atoms with E-state index in [2.05, 4.69) is 24.3 Å². The molecule has 0 atom stereocenters. The van der Waals surface area contributed by atoms with E-state index in [1.807, 2.05) is 6.92 Å². The zero-order valence-corrected chi connectivity index (χ0v) is 18.2. The molecule has 0 aliphatic rings. The molecule has 0 radical (unpaired) electrons. The molecule has 1 aromatic heterocycles. The summed E-state index contributed by atoms with van der Waals surface area (Å²) < 4.78 is 6.82. The summed E-state index contributed by atoms with van der Waals surface area (Å²) >= 11 is 6.38. The maximum absolute atomic E-state index is 12.4. The van der Waals surface area contributed by atoms with Crippen LogP contribution >= 0.6 is 11.6 Å². The number of hydrogen-bond donors (Lipinski definition) is 1. The van der Waals surface area contributed by atoms with Crippen LogP contribution in [0.15, 0.2) is 30.3 Å². The molecule has 0 fully saturated rings. The molecule has 0 unspecified atom stereocenters. The summed E-state index contributed by atoms with van der Waals surface area (Å²) in [6.07, 6.45) is 3.04. The molecular formula is C21H27ClN4O3. The molecule has 2 rings (SSSR count). The van der Waals surface area contributed by atoms with Crippen LogP contribution in [-0.4, -0.2) is 47.2 Å². The monoisotopic (exact) mass is 418 g/mol. The summed E-state index contributed by atoms with van der Waals surface area (Å²) in [6.45, 7) is 6.64. The number of rotatable bonds is 8. The Morgan fingerprint density at radius 1 is 1.31 bits per heavy atom. The van der Waals surface area contributed by atoms with Gasteiger partial charge in [0.2, 0.25) is 11.8 Å². The van der Waals surface area contributed by atoms with Gasteiger partial charge in [-0.1, -0.05) is 25.4 Å². The lowest BCUT2D eigenvalue weighted by atomic mass is 10.2. The molecule has 8 heteroatoms. The van der Waals surface area contributed by atoms with Crippen molar-refractivity contribution in [2.75, 3.05) is 26.0 Å². The Kier molecular flexibility index (Phi) is 7.84. The Balaban J connectivity index is 1.96. The van der Waals surface area contributed by atoms with E-state index in [4.69, 9.17) is 16.3 Å². The number of anilines is 1. The number of nitrogens with one attached hydrogen (secondary N) is 1. The minimum absolute atomic E-state index is 0.0749. The number of carbonyl (C=O) groups is 2. The fraction of sp³-hybridized carbons (Fsp3) is 0.381. The lowest BCUT2D eigenvalue weighted by Gasteiger charge is -2.15. The maximum Gasteiger partial charge on any atom is 0.246 e. The third-order valence-corrected chi connectivity index (χ3v) is 4.57. The number of benzene rings is 1. The van der Waals surface area contributed by atoms with Crippen LogP contribution in [0.25, 0.3) is 6.08 Å². The second-order valence-electron chi connectivity index (χ2n) is 7.17. The molecule has 2 amide bonds. The fourth-order valence-corrected chi connectivity index (χ4v) is 2.98. The Bertz CT molecular complexity index is 888. The van der Waals surface area contributed by atoms with Gasteiger partial charge in [-0.05, 0) is 43.2 Å². The number of amides is 2. The van der Waals surface area contributed by atoms with Gasteiger partial charge in [0.15, 0.2) is 0 Å². The molecule has 7 nitrogen and oxygen atoms in total. The van der Waals surface area contributed by atoms with Crippen LogP contribution in [0.2, 0.25) is 5.15 Å². The number of aromatic nitrogens is 2. The van der Waals surface area contributed by atoms with Crippen molar-refractivity contribution in [2.45, 2.75) is 27.3 Å². The van der Waals surface area contributed by atoms with Crippen molar-refractivity contribution < 1.29 is 14.3 Å². The molecule has 2 aromatic rings. The van der Waals surface area contributed by atoms with Gasteiger partial charge in [-0.2, -0.15) is 5.10 Å². The normalized spacial score (nSPS) is 11.1. The smallest absolute Gasteiger partial charge is 0.246 e. The van der Waals surface area contributed by atoms with E-state index in [0.29, 0.717) is 34.6 Å². The number of nitrogens with zero attached hydrogens (tertiary/aromatic N) is 3. The average Bonchev–Trinajstić information content (AvgIpc) is 2.92. The molecule has 0 saturated carbocycles. The van der Waals surface area contributed by atoms with Gasteiger partial charge in [-0.3, -0.25) is 14.3 Å². The quantitative estimate of drug-likeness (QED) is 0.664. The van der Waals surface area contributed by atoms with Gasteiger partial charge in [-0.15, -0.1) is 0 Å². The lowest BCUT2D eigenvalue weighted by Crippen LogP contribution is -2.33. The summed E-state index contributed by atoms with van der Waals surface area (Å²) in [6, 6.07) is 6.97. The minimum Gasteiger partial charge on any atom is -0.497 e. The number of halogens is 1. The van der Waals surface area contributed by atoms with Crippen LogP contribution in [0.5, 0.6) is 5.75 Å². The largest absolute Gasteiger partial charge is 0.497 e. The van der Waals surface area contributed by atoms with Crippen LogP contribution in [0.1, 0.15) is 25.1 Å². The summed E-state index contributed by atoms with van der Waals surface area (Å²) in [5, 5.41) is 7.66. The van der Waals surface area contributed by atoms with Crippen molar-refractivity contribution in [1.29, 1.82) is 0 Å². The SMILES string of the molecule is COc1ccc(NC(=O)CN(C)C(=O)/C=C/c2c(C)nn(CC(C)C)c2Cl)cc1. The first-order valence-corrected chi connectivity index (χ1v) is 9.69. The highest BCUT2D eigenvalue weighted by Gasteiger charge is 2.14. The van der Waals surface area contributed by atoms with Crippen LogP contribution in [-0.2, 0) is 16.1 Å². The Hall–Kier alpha value is -2.80. The highest BCUT2D eigenvalue weighted by molar-refractivity contribution is 6.31. The van der Waals surface area contributed by atoms with Crippen LogP contribution < -0.4 is 10.1 Å². The first-order chi connectivity index (χ1) is 13.7. The van der Waals surface area contributed by atoms with Crippen molar-refractivity contribution in [1.82, 2.24) is 14.7 Å². The van der Waals surface area contributed by atoms with Gasteiger partial charge in [0.25, 0.3) is 0 Å². The van der Waals surface area contributed by atoms with Gasteiger partial charge in [0.1, 0.15) is 10.9 Å². The van der Waals surface area contributed by atoms with E-state index in [-0.39, 0.29) is 18.4 Å². The summed E-state index contributed by atoms with van der Waals surface area (Å²) in [4.78, 5) is 25.9. The molecule has 0 bridgehead atoms. The molecule has 0 spiro atoms. The molecule has 29 heavy (non-hydrogen) atoms. The summed E-state index contributed by atoms with van der Waals surface area (Å²) in [7, 11) is 3.14. The fourth-order valence-electron chi connectivity index (χ4n) is 2.67. The van der Waals surface area contributed by atoms with Crippen molar-refractivity contribution in [3.8, 4) is 5.75 Å². The van der Waals surface area contributed by atoms with E-state index in [1.54, 1.807) is 49.2 Å². The molecular weight excluding hydrogens is 392 g/mol. The average molecular weight is 419 g/mol. The van der Waals surface area contributed by atoms with E-state index in [9.17, 15) is 9.59 Å². The van der Waals surface area contributed by atoms with Gasteiger partial charge in [0.05, 0.1) is 19.3 Å². The zero-order chi connectivity index (χ0) is 21.6.